The van der Waals surface area contributed by atoms with E-state index in [1.165, 1.54) is 5.56 Å². The van der Waals surface area contributed by atoms with Gasteiger partial charge in [0.25, 0.3) is 0 Å². The minimum atomic E-state index is -0.294. The third-order valence-electron chi connectivity index (χ3n) is 4.10. The summed E-state index contributed by atoms with van der Waals surface area (Å²) in [4.78, 5) is 26.1. The van der Waals surface area contributed by atoms with E-state index < -0.39 is 0 Å². The van der Waals surface area contributed by atoms with Crippen LogP contribution in [0.3, 0.4) is 0 Å². The van der Waals surface area contributed by atoms with Gasteiger partial charge >= 0.3 is 0 Å². The molecule has 2 rings (SSSR count). The smallest absolute Gasteiger partial charge is 0.229 e. The van der Waals surface area contributed by atoms with E-state index in [1.807, 2.05) is 31.2 Å². The van der Waals surface area contributed by atoms with Crippen LogP contribution in [-0.4, -0.2) is 43.0 Å². The van der Waals surface area contributed by atoms with Crippen molar-refractivity contribution in [2.24, 2.45) is 5.92 Å². The van der Waals surface area contributed by atoms with Crippen LogP contribution in [0.25, 0.3) is 0 Å². The molecule has 2 atom stereocenters. The number of anilines is 1. The molecule has 0 radical (unpaired) electrons. The Morgan fingerprint density at radius 3 is 2.68 bits per heavy atom. The number of benzene rings is 1. The van der Waals surface area contributed by atoms with Gasteiger partial charge in [-0.15, -0.1) is 0 Å². The predicted octanol–water partition coefficient (Wildman–Crippen LogP) is 2.07. The number of ether oxygens (including phenoxy) is 1. The molecule has 0 aliphatic carbocycles. The maximum atomic E-state index is 12.3. The van der Waals surface area contributed by atoms with Gasteiger partial charge < -0.3 is 15.0 Å². The molecule has 1 aliphatic rings. The monoisotopic (exact) mass is 304 g/mol. The first-order valence-corrected chi connectivity index (χ1v) is 7.73. The fourth-order valence-electron chi connectivity index (χ4n) is 2.73. The summed E-state index contributed by atoms with van der Waals surface area (Å²) >= 11 is 0. The highest BCUT2D eigenvalue weighted by molar-refractivity contribution is 5.97. The summed E-state index contributed by atoms with van der Waals surface area (Å²) in [6.07, 6.45) is 1.24. The number of methoxy groups -OCH3 is 1. The fraction of sp³-hybridized carbons (Fsp3) is 0.529. The molecule has 0 unspecified atom stereocenters. The van der Waals surface area contributed by atoms with Gasteiger partial charge in [-0.3, -0.25) is 9.59 Å². The fourth-order valence-corrected chi connectivity index (χ4v) is 2.73. The van der Waals surface area contributed by atoms with Gasteiger partial charge in [0.05, 0.1) is 18.6 Å². The Labute approximate surface area is 131 Å². The van der Waals surface area contributed by atoms with Crippen LogP contribution in [0.1, 0.15) is 25.8 Å². The third kappa shape index (κ3) is 3.85. The van der Waals surface area contributed by atoms with Crippen molar-refractivity contribution in [3.8, 4) is 0 Å². The molecule has 1 N–H and O–H groups in total. The number of nitrogens with one attached hydrogen (secondary N) is 1. The van der Waals surface area contributed by atoms with Crippen molar-refractivity contribution in [1.82, 2.24) is 4.90 Å². The number of hydrogen-bond donors (Lipinski definition) is 1. The van der Waals surface area contributed by atoms with Crippen molar-refractivity contribution in [3.63, 3.8) is 0 Å². The summed E-state index contributed by atoms with van der Waals surface area (Å²) in [7, 11) is 1.61. The summed E-state index contributed by atoms with van der Waals surface area (Å²) in [5, 5.41) is 2.90. The number of carbonyl (C=O) groups excluding carboxylic acids is 2. The molecule has 1 aromatic carbocycles. The topological polar surface area (TPSA) is 58.6 Å². The van der Waals surface area contributed by atoms with Crippen LogP contribution >= 0.6 is 0 Å². The van der Waals surface area contributed by atoms with Crippen molar-refractivity contribution in [3.05, 3.63) is 29.8 Å². The van der Waals surface area contributed by atoms with E-state index in [2.05, 4.69) is 12.2 Å². The van der Waals surface area contributed by atoms with Gasteiger partial charge in [0.15, 0.2) is 0 Å². The van der Waals surface area contributed by atoms with E-state index in [0.29, 0.717) is 13.2 Å². The van der Waals surface area contributed by atoms with Crippen LogP contribution in [0.4, 0.5) is 5.69 Å². The largest absolute Gasteiger partial charge is 0.383 e. The number of likely N-dealkylation sites (tertiary alicyclic amines) is 1. The highest BCUT2D eigenvalue weighted by Gasteiger charge is 2.36. The first-order chi connectivity index (χ1) is 10.5. The Bertz CT molecular complexity index is 527. The number of carbonyl (C=O) groups is 2. The van der Waals surface area contributed by atoms with Crippen LogP contribution in [0.2, 0.25) is 0 Å². The number of aryl methyl sites for hydroxylation is 1. The van der Waals surface area contributed by atoms with Crippen LogP contribution in [0.15, 0.2) is 24.3 Å². The molecule has 0 saturated carbocycles. The summed E-state index contributed by atoms with van der Waals surface area (Å²) in [6.45, 7) is 4.97. The lowest BCUT2D eigenvalue weighted by Gasteiger charge is -2.23. The van der Waals surface area contributed by atoms with E-state index in [9.17, 15) is 9.59 Å². The average molecular weight is 304 g/mol. The lowest BCUT2D eigenvalue weighted by atomic mass is 10.1. The number of hydrogen-bond acceptors (Lipinski definition) is 3. The molecular formula is C17H24N2O3. The standard InChI is InChI=1S/C17H24N2O3/c1-4-13-5-7-15(8-6-13)18-17(21)14-9-16(20)19(10-14)12(2)11-22-3/h5-8,12,14H,4,9-11H2,1-3H3,(H,18,21)/t12-,14-/m0/s1. The zero-order chi connectivity index (χ0) is 16.1. The van der Waals surface area contributed by atoms with Crippen molar-refractivity contribution in [1.29, 1.82) is 0 Å². The minimum absolute atomic E-state index is 0.000798. The van der Waals surface area contributed by atoms with Crippen LogP contribution in [0, 0.1) is 5.92 Å². The Balaban J connectivity index is 1.94. The van der Waals surface area contributed by atoms with Crippen LogP contribution in [0.5, 0.6) is 0 Å². The average Bonchev–Trinajstić information content (AvgIpc) is 2.90. The second-order valence-electron chi connectivity index (χ2n) is 5.79. The molecule has 2 amide bonds. The van der Waals surface area contributed by atoms with Gasteiger partial charge in [-0.25, -0.2) is 0 Å². The van der Waals surface area contributed by atoms with Gasteiger partial charge in [0.2, 0.25) is 11.8 Å². The van der Waals surface area contributed by atoms with Crippen molar-refractivity contribution < 1.29 is 14.3 Å². The molecule has 120 valence electrons. The Morgan fingerprint density at radius 2 is 2.09 bits per heavy atom. The molecule has 0 spiro atoms. The van der Waals surface area contributed by atoms with Gasteiger partial charge in [-0.1, -0.05) is 19.1 Å². The van der Waals surface area contributed by atoms with E-state index in [-0.39, 0.29) is 30.2 Å². The maximum Gasteiger partial charge on any atom is 0.229 e. The molecule has 5 nitrogen and oxygen atoms in total. The van der Waals surface area contributed by atoms with Crippen LogP contribution in [-0.2, 0) is 20.7 Å². The van der Waals surface area contributed by atoms with Crippen molar-refractivity contribution in [2.75, 3.05) is 25.6 Å². The molecule has 0 bridgehead atoms. The van der Waals surface area contributed by atoms with E-state index in [1.54, 1.807) is 12.0 Å². The molecule has 1 fully saturated rings. The SMILES string of the molecule is CCc1ccc(NC(=O)[C@H]2CC(=O)N([C@@H](C)COC)C2)cc1. The molecule has 5 heteroatoms. The van der Waals surface area contributed by atoms with Crippen molar-refractivity contribution in [2.45, 2.75) is 32.7 Å². The van der Waals surface area contributed by atoms with Gasteiger partial charge in [0.1, 0.15) is 0 Å². The molecule has 22 heavy (non-hydrogen) atoms. The quantitative estimate of drug-likeness (QED) is 0.875. The zero-order valence-electron chi connectivity index (χ0n) is 13.5. The zero-order valence-corrected chi connectivity index (χ0v) is 13.5. The Kier molecular flexibility index (Phi) is 5.55. The number of nitrogens with zero attached hydrogens (tertiary/aromatic N) is 1. The number of rotatable bonds is 6. The second kappa shape index (κ2) is 7.40. The lowest BCUT2D eigenvalue weighted by Crippen LogP contribution is -2.38. The van der Waals surface area contributed by atoms with Gasteiger partial charge in [0, 0.05) is 25.8 Å². The second-order valence-corrected chi connectivity index (χ2v) is 5.79. The first-order valence-electron chi connectivity index (χ1n) is 7.73. The minimum Gasteiger partial charge on any atom is -0.383 e. The molecule has 1 aliphatic heterocycles. The summed E-state index contributed by atoms with van der Waals surface area (Å²) in [6, 6.07) is 7.81. The lowest BCUT2D eigenvalue weighted by molar-refractivity contribution is -0.130. The maximum absolute atomic E-state index is 12.3. The summed E-state index contributed by atoms with van der Waals surface area (Å²) < 4.78 is 5.08. The Morgan fingerprint density at radius 1 is 1.41 bits per heavy atom. The normalized spacial score (nSPS) is 19.3. The number of amides is 2. The molecule has 1 saturated heterocycles. The summed E-state index contributed by atoms with van der Waals surface area (Å²) in [5.74, 6) is -0.367. The van der Waals surface area contributed by atoms with E-state index in [0.717, 1.165) is 12.1 Å². The molecule has 1 aromatic rings. The molecule has 0 aromatic heterocycles. The Hall–Kier alpha value is -1.88. The van der Waals surface area contributed by atoms with Crippen molar-refractivity contribution >= 4 is 17.5 Å². The molecular weight excluding hydrogens is 280 g/mol. The third-order valence-corrected chi connectivity index (χ3v) is 4.10. The van der Waals surface area contributed by atoms with E-state index >= 15 is 0 Å². The van der Waals surface area contributed by atoms with E-state index in [4.69, 9.17) is 4.74 Å². The highest BCUT2D eigenvalue weighted by atomic mass is 16.5. The van der Waals surface area contributed by atoms with Crippen LogP contribution < -0.4 is 5.32 Å². The summed E-state index contributed by atoms with van der Waals surface area (Å²) in [5.41, 5.74) is 2.01. The molecule has 1 heterocycles. The van der Waals surface area contributed by atoms with Gasteiger partial charge in [-0.2, -0.15) is 0 Å². The highest BCUT2D eigenvalue weighted by Crippen LogP contribution is 2.22. The van der Waals surface area contributed by atoms with Gasteiger partial charge in [-0.05, 0) is 31.0 Å². The first kappa shape index (κ1) is 16.5. The predicted molar refractivity (Wildman–Crippen MR) is 85.6 cm³/mol.